The maximum atomic E-state index is 12.1. The molecule has 0 aliphatic rings. The maximum Gasteiger partial charge on any atom is 0.433 e. The van der Waals surface area contributed by atoms with Gasteiger partial charge in [-0.3, -0.25) is 14.9 Å². The number of hydrogen-bond acceptors (Lipinski definition) is 5. The van der Waals surface area contributed by atoms with Crippen molar-refractivity contribution in [2.75, 3.05) is 0 Å². The molecular formula is C13H7Cl2N3O4S. The van der Waals surface area contributed by atoms with Gasteiger partial charge in [0.05, 0.1) is 21.3 Å². The van der Waals surface area contributed by atoms with Crippen LogP contribution in [0.3, 0.4) is 0 Å². The summed E-state index contributed by atoms with van der Waals surface area (Å²) in [6.07, 6.45) is 0. The fourth-order valence-electron chi connectivity index (χ4n) is 1.99. The van der Waals surface area contributed by atoms with Gasteiger partial charge in [0, 0.05) is 12.1 Å². The minimum absolute atomic E-state index is 0.210. The SMILES string of the molecule is Cn1c(=NC(=O)c2ccc([N+](=O)[O-])o2)sc2cc(Cl)cc(Cl)c21. The van der Waals surface area contributed by atoms with E-state index in [4.69, 9.17) is 27.6 Å². The van der Waals surface area contributed by atoms with E-state index < -0.39 is 16.7 Å². The number of rotatable bonds is 2. The van der Waals surface area contributed by atoms with Crippen LogP contribution in [0.5, 0.6) is 0 Å². The van der Waals surface area contributed by atoms with E-state index in [1.165, 1.54) is 17.4 Å². The number of hydrogen-bond donors (Lipinski definition) is 0. The number of fused-ring (bicyclic) bond motifs is 1. The van der Waals surface area contributed by atoms with Crippen LogP contribution in [0.15, 0.2) is 33.7 Å². The molecule has 1 amide bonds. The van der Waals surface area contributed by atoms with Gasteiger partial charge in [0.2, 0.25) is 5.76 Å². The number of carbonyl (C=O) groups excluding carboxylic acids is 1. The molecule has 0 spiro atoms. The molecular weight excluding hydrogens is 365 g/mol. The Morgan fingerprint density at radius 2 is 2.13 bits per heavy atom. The fourth-order valence-corrected chi connectivity index (χ4v) is 3.81. The lowest BCUT2D eigenvalue weighted by molar-refractivity contribution is -0.402. The molecule has 0 bridgehead atoms. The van der Waals surface area contributed by atoms with Crippen LogP contribution in [0.2, 0.25) is 10.0 Å². The highest BCUT2D eigenvalue weighted by Crippen LogP contribution is 2.29. The molecule has 0 aliphatic carbocycles. The molecule has 2 aromatic heterocycles. The fraction of sp³-hybridized carbons (Fsp3) is 0.0769. The van der Waals surface area contributed by atoms with E-state index in [1.54, 1.807) is 23.7 Å². The van der Waals surface area contributed by atoms with Gasteiger partial charge < -0.3 is 8.98 Å². The summed E-state index contributed by atoms with van der Waals surface area (Å²) in [6.45, 7) is 0. The molecule has 0 saturated carbocycles. The van der Waals surface area contributed by atoms with E-state index in [0.717, 1.165) is 10.8 Å². The third-order valence-corrected chi connectivity index (χ3v) is 4.58. The highest BCUT2D eigenvalue weighted by Gasteiger charge is 2.17. The van der Waals surface area contributed by atoms with Crippen LogP contribution in [0.4, 0.5) is 5.88 Å². The first-order chi connectivity index (χ1) is 10.9. The smallest absolute Gasteiger partial charge is 0.395 e. The molecule has 2 heterocycles. The zero-order valence-corrected chi connectivity index (χ0v) is 13.8. The summed E-state index contributed by atoms with van der Waals surface area (Å²) in [4.78, 5) is 26.2. The lowest BCUT2D eigenvalue weighted by Crippen LogP contribution is -2.13. The first-order valence-electron chi connectivity index (χ1n) is 6.14. The van der Waals surface area contributed by atoms with Crippen molar-refractivity contribution < 1.29 is 14.1 Å². The van der Waals surface area contributed by atoms with Crippen molar-refractivity contribution in [3.05, 3.63) is 55.0 Å². The minimum Gasteiger partial charge on any atom is -0.395 e. The van der Waals surface area contributed by atoms with Crippen molar-refractivity contribution in [1.82, 2.24) is 4.57 Å². The van der Waals surface area contributed by atoms with Crippen LogP contribution in [-0.2, 0) is 7.05 Å². The molecule has 23 heavy (non-hydrogen) atoms. The van der Waals surface area contributed by atoms with E-state index in [0.29, 0.717) is 20.4 Å². The molecule has 0 fully saturated rings. The van der Waals surface area contributed by atoms with Crippen molar-refractivity contribution >= 4 is 56.5 Å². The monoisotopic (exact) mass is 371 g/mol. The summed E-state index contributed by atoms with van der Waals surface area (Å²) in [5.74, 6) is -1.44. The second kappa shape index (κ2) is 5.80. The topological polar surface area (TPSA) is 90.6 Å². The molecule has 3 aromatic rings. The Labute approximate surface area is 142 Å². The molecule has 1 aromatic carbocycles. The highest BCUT2D eigenvalue weighted by molar-refractivity contribution is 7.16. The first kappa shape index (κ1) is 15.7. The van der Waals surface area contributed by atoms with E-state index in [1.807, 2.05) is 0 Å². The molecule has 0 unspecified atom stereocenters. The molecule has 0 radical (unpaired) electrons. The standard InChI is InChI=1S/C13H7Cl2N3O4S/c1-17-11-7(15)4-6(14)5-9(11)23-13(17)16-12(19)8-2-3-10(22-8)18(20)21/h2-5H,1H3. The molecule has 0 aliphatic heterocycles. The number of amides is 1. The summed E-state index contributed by atoms with van der Waals surface area (Å²) in [5.41, 5.74) is 0.693. The molecule has 3 rings (SSSR count). The molecule has 118 valence electrons. The van der Waals surface area contributed by atoms with Gasteiger partial charge in [-0.25, -0.2) is 0 Å². The van der Waals surface area contributed by atoms with E-state index in [-0.39, 0.29) is 5.76 Å². The second-order valence-corrected chi connectivity index (χ2v) is 6.34. The summed E-state index contributed by atoms with van der Waals surface area (Å²) < 4.78 is 7.25. The van der Waals surface area contributed by atoms with E-state index >= 15 is 0 Å². The third kappa shape index (κ3) is 2.88. The Morgan fingerprint density at radius 1 is 1.39 bits per heavy atom. The number of carbonyl (C=O) groups is 1. The quantitative estimate of drug-likeness (QED) is 0.506. The van der Waals surface area contributed by atoms with Gasteiger partial charge in [0.1, 0.15) is 4.92 Å². The van der Waals surface area contributed by atoms with Crippen LogP contribution in [0.25, 0.3) is 10.2 Å². The van der Waals surface area contributed by atoms with Crippen molar-refractivity contribution in [2.24, 2.45) is 12.0 Å². The van der Waals surface area contributed by atoms with Crippen LogP contribution >= 0.6 is 34.5 Å². The minimum atomic E-state index is -0.724. The van der Waals surface area contributed by atoms with Crippen LogP contribution in [-0.4, -0.2) is 15.4 Å². The van der Waals surface area contributed by atoms with Crippen molar-refractivity contribution in [1.29, 1.82) is 0 Å². The Balaban J connectivity index is 2.10. The third-order valence-electron chi connectivity index (χ3n) is 3.00. The zero-order chi connectivity index (χ0) is 16.7. The number of nitro groups is 1. The number of aromatic nitrogens is 1. The maximum absolute atomic E-state index is 12.1. The van der Waals surface area contributed by atoms with Gasteiger partial charge in [-0.15, -0.1) is 0 Å². The van der Waals surface area contributed by atoms with Gasteiger partial charge in [0.15, 0.2) is 4.80 Å². The largest absolute Gasteiger partial charge is 0.433 e. The number of aryl methyl sites for hydroxylation is 1. The Kier molecular flexibility index (Phi) is 3.97. The number of halogens is 2. The molecule has 0 saturated heterocycles. The summed E-state index contributed by atoms with van der Waals surface area (Å²) in [6, 6.07) is 5.62. The predicted octanol–water partition coefficient (Wildman–Crippen LogP) is 3.79. The van der Waals surface area contributed by atoms with Crippen molar-refractivity contribution in [3.63, 3.8) is 0 Å². The number of benzene rings is 1. The molecule has 10 heteroatoms. The lowest BCUT2D eigenvalue weighted by Gasteiger charge is -1.98. The lowest BCUT2D eigenvalue weighted by atomic mass is 10.3. The van der Waals surface area contributed by atoms with Crippen molar-refractivity contribution in [3.8, 4) is 0 Å². The van der Waals surface area contributed by atoms with Crippen LogP contribution < -0.4 is 4.80 Å². The van der Waals surface area contributed by atoms with Crippen molar-refractivity contribution in [2.45, 2.75) is 0 Å². The first-order valence-corrected chi connectivity index (χ1v) is 7.72. The van der Waals surface area contributed by atoms with Crippen LogP contribution in [0.1, 0.15) is 10.6 Å². The summed E-state index contributed by atoms with van der Waals surface area (Å²) in [5, 5.41) is 11.5. The Hall–Kier alpha value is -2.16. The van der Waals surface area contributed by atoms with E-state index in [2.05, 4.69) is 4.99 Å². The number of furan rings is 1. The Morgan fingerprint density at radius 3 is 2.78 bits per heavy atom. The highest BCUT2D eigenvalue weighted by atomic mass is 35.5. The van der Waals surface area contributed by atoms with Gasteiger partial charge in [-0.1, -0.05) is 34.5 Å². The van der Waals surface area contributed by atoms with Gasteiger partial charge in [-0.05, 0) is 18.2 Å². The van der Waals surface area contributed by atoms with Gasteiger partial charge in [-0.2, -0.15) is 4.99 Å². The Bertz CT molecular complexity index is 1020. The molecule has 0 atom stereocenters. The van der Waals surface area contributed by atoms with Gasteiger partial charge in [0.25, 0.3) is 0 Å². The number of thiazole rings is 1. The predicted molar refractivity (Wildman–Crippen MR) is 86.1 cm³/mol. The van der Waals surface area contributed by atoms with Crippen LogP contribution in [0, 0.1) is 10.1 Å². The normalized spacial score (nSPS) is 12.0. The average Bonchev–Trinajstić information content (AvgIpc) is 3.05. The summed E-state index contributed by atoms with van der Waals surface area (Å²) in [7, 11) is 1.70. The number of nitrogens with zero attached hydrogens (tertiary/aromatic N) is 3. The van der Waals surface area contributed by atoms with Gasteiger partial charge >= 0.3 is 11.8 Å². The average molecular weight is 372 g/mol. The summed E-state index contributed by atoms with van der Waals surface area (Å²) >= 11 is 13.3. The second-order valence-electron chi connectivity index (χ2n) is 4.49. The molecule has 7 nitrogen and oxygen atoms in total. The molecule has 0 N–H and O–H groups in total. The van der Waals surface area contributed by atoms with E-state index in [9.17, 15) is 14.9 Å². The zero-order valence-electron chi connectivity index (χ0n) is 11.4.